The predicted molar refractivity (Wildman–Crippen MR) is 79.0 cm³/mol. The Morgan fingerprint density at radius 1 is 1.19 bits per heavy atom. The highest BCUT2D eigenvalue weighted by molar-refractivity contribution is 5.79. The van der Waals surface area contributed by atoms with Crippen molar-refractivity contribution in [2.75, 3.05) is 0 Å². The number of carbonyl (C=O) groups excluding carboxylic acids is 1. The zero-order valence-corrected chi connectivity index (χ0v) is 13.0. The Morgan fingerprint density at radius 3 is 2.57 bits per heavy atom. The minimum absolute atomic E-state index is 0.0359. The van der Waals surface area contributed by atoms with E-state index in [1.807, 2.05) is 4.90 Å². The summed E-state index contributed by atoms with van der Waals surface area (Å²) in [6, 6.07) is 0.204. The molecule has 3 rings (SSSR count). The molecule has 2 heterocycles. The Morgan fingerprint density at radius 2 is 1.95 bits per heavy atom. The lowest BCUT2D eigenvalue weighted by atomic mass is 9.73. The van der Waals surface area contributed by atoms with Gasteiger partial charge >= 0.3 is 12.0 Å². The highest BCUT2D eigenvalue weighted by Crippen LogP contribution is 2.42. The number of fused-ring (bicyclic) bond motifs is 2. The number of hydrogen-bond donors (Lipinski definition) is 2. The Kier molecular flexibility index (Phi) is 3.62. The molecule has 0 aromatic heterocycles. The first-order valence-corrected chi connectivity index (χ1v) is 8.22. The Bertz CT molecular complexity index is 449. The van der Waals surface area contributed by atoms with Gasteiger partial charge in [0.25, 0.3) is 0 Å². The molecule has 0 aromatic carbocycles. The molecule has 0 aromatic rings. The number of carbonyl (C=O) groups is 2. The largest absolute Gasteiger partial charge is 0.481 e. The van der Waals surface area contributed by atoms with Crippen LogP contribution < -0.4 is 5.32 Å². The van der Waals surface area contributed by atoms with Crippen LogP contribution in [0, 0.1) is 11.3 Å². The van der Waals surface area contributed by atoms with Gasteiger partial charge in [-0.2, -0.15) is 0 Å². The Hall–Kier alpha value is -1.26. The minimum Gasteiger partial charge on any atom is -0.481 e. The van der Waals surface area contributed by atoms with Crippen LogP contribution in [0.1, 0.15) is 58.8 Å². The van der Waals surface area contributed by atoms with Crippen LogP contribution in [0.4, 0.5) is 4.79 Å². The second-order valence-corrected chi connectivity index (χ2v) is 7.62. The third kappa shape index (κ3) is 2.51. The van der Waals surface area contributed by atoms with E-state index in [2.05, 4.69) is 19.2 Å². The highest BCUT2D eigenvalue weighted by Gasteiger charge is 2.51. The maximum atomic E-state index is 12.7. The third-order valence-corrected chi connectivity index (χ3v) is 5.89. The van der Waals surface area contributed by atoms with Crippen molar-refractivity contribution in [2.45, 2.75) is 76.9 Å². The number of hydrogen-bond acceptors (Lipinski definition) is 2. The summed E-state index contributed by atoms with van der Waals surface area (Å²) in [5, 5.41) is 12.5. The molecule has 2 aliphatic heterocycles. The lowest BCUT2D eigenvalue weighted by molar-refractivity contribution is -0.142. The number of urea groups is 1. The lowest BCUT2D eigenvalue weighted by Gasteiger charge is -2.40. The molecule has 3 aliphatic rings. The summed E-state index contributed by atoms with van der Waals surface area (Å²) in [6.45, 7) is 4.44. The van der Waals surface area contributed by atoms with Crippen molar-refractivity contribution in [3.63, 3.8) is 0 Å². The van der Waals surface area contributed by atoms with Crippen LogP contribution in [0.25, 0.3) is 0 Å². The van der Waals surface area contributed by atoms with Gasteiger partial charge in [0.1, 0.15) is 0 Å². The van der Waals surface area contributed by atoms with Crippen LogP contribution in [0.2, 0.25) is 0 Å². The van der Waals surface area contributed by atoms with Crippen molar-refractivity contribution in [3.8, 4) is 0 Å². The molecule has 5 nitrogen and oxygen atoms in total. The molecular formula is C16H26N2O3. The van der Waals surface area contributed by atoms with Gasteiger partial charge in [-0.15, -0.1) is 0 Å². The van der Waals surface area contributed by atoms with Gasteiger partial charge in [-0.1, -0.05) is 26.7 Å². The average molecular weight is 294 g/mol. The Balaban J connectivity index is 1.67. The number of carboxylic acid groups (broad SMARTS) is 1. The summed E-state index contributed by atoms with van der Waals surface area (Å²) in [5.74, 6) is -1.12. The molecule has 4 unspecified atom stereocenters. The quantitative estimate of drug-likeness (QED) is 0.822. The van der Waals surface area contributed by atoms with E-state index >= 15 is 0 Å². The molecule has 4 atom stereocenters. The zero-order chi connectivity index (χ0) is 15.2. The number of nitrogens with zero attached hydrogens (tertiary/aromatic N) is 1. The molecule has 1 aliphatic carbocycles. The van der Waals surface area contributed by atoms with Crippen LogP contribution in [0.5, 0.6) is 0 Å². The van der Waals surface area contributed by atoms with Crippen molar-refractivity contribution in [1.29, 1.82) is 0 Å². The van der Waals surface area contributed by atoms with E-state index in [0.29, 0.717) is 6.42 Å². The van der Waals surface area contributed by atoms with E-state index in [-0.39, 0.29) is 35.5 Å². The summed E-state index contributed by atoms with van der Waals surface area (Å²) in [7, 11) is 0. The van der Waals surface area contributed by atoms with E-state index in [9.17, 15) is 14.7 Å². The van der Waals surface area contributed by atoms with E-state index in [4.69, 9.17) is 0 Å². The second kappa shape index (κ2) is 5.18. The molecule has 0 spiro atoms. The van der Waals surface area contributed by atoms with E-state index in [1.54, 1.807) is 0 Å². The molecule has 0 radical (unpaired) electrons. The molecule has 2 saturated heterocycles. The first-order valence-electron chi connectivity index (χ1n) is 8.22. The van der Waals surface area contributed by atoms with Crippen LogP contribution >= 0.6 is 0 Å². The van der Waals surface area contributed by atoms with Gasteiger partial charge in [-0.05, 0) is 37.5 Å². The molecule has 3 fully saturated rings. The number of carboxylic acids is 1. The first kappa shape index (κ1) is 14.7. The predicted octanol–water partition coefficient (Wildman–Crippen LogP) is 2.60. The van der Waals surface area contributed by atoms with Gasteiger partial charge in [0.05, 0.1) is 5.92 Å². The fourth-order valence-corrected chi connectivity index (χ4v) is 4.56. The van der Waals surface area contributed by atoms with Crippen LogP contribution in [-0.4, -0.2) is 40.1 Å². The molecular weight excluding hydrogens is 268 g/mol. The smallest absolute Gasteiger partial charge is 0.318 e. The van der Waals surface area contributed by atoms with Gasteiger partial charge in [0.15, 0.2) is 0 Å². The average Bonchev–Trinajstić information content (AvgIpc) is 2.98. The van der Waals surface area contributed by atoms with Crippen LogP contribution in [-0.2, 0) is 4.79 Å². The lowest BCUT2D eigenvalue weighted by Crippen LogP contribution is -2.53. The second-order valence-electron chi connectivity index (χ2n) is 7.62. The van der Waals surface area contributed by atoms with Crippen LogP contribution in [0.3, 0.4) is 0 Å². The van der Waals surface area contributed by atoms with Crippen molar-refractivity contribution < 1.29 is 14.7 Å². The summed E-state index contributed by atoms with van der Waals surface area (Å²) < 4.78 is 0. The van der Waals surface area contributed by atoms with E-state index in [1.165, 1.54) is 12.8 Å². The summed E-state index contributed by atoms with van der Waals surface area (Å²) in [4.78, 5) is 25.8. The Labute approximate surface area is 126 Å². The van der Waals surface area contributed by atoms with Crippen molar-refractivity contribution in [1.82, 2.24) is 10.2 Å². The standard InChI is InChI=1S/C16H26N2O3/c1-16(2)8-4-3-5-13(16)17-15(21)18-10-6-7-12(18)11(9-10)14(19)20/h10-13H,3-9H2,1-2H3,(H,17,21)(H,19,20). The summed E-state index contributed by atoms with van der Waals surface area (Å²) in [5.41, 5.74) is 0.138. The van der Waals surface area contributed by atoms with Gasteiger partial charge < -0.3 is 15.3 Å². The third-order valence-electron chi connectivity index (χ3n) is 5.89. The molecule has 5 heteroatoms. The van der Waals surface area contributed by atoms with E-state index in [0.717, 1.165) is 25.7 Å². The van der Waals surface area contributed by atoms with Gasteiger partial charge in [0, 0.05) is 18.1 Å². The number of nitrogens with one attached hydrogen (secondary N) is 1. The molecule has 2 bridgehead atoms. The van der Waals surface area contributed by atoms with Crippen molar-refractivity contribution in [2.24, 2.45) is 11.3 Å². The first-order chi connectivity index (χ1) is 9.90. The fourth-order valence-electron chi connectivity index (χ4n) is 4.56. The molecule has 1 saturated carbocycles. The SMILES string of the molecule is CC1(C)CCCCC1NC(=O)N1C2CCC1C(C(=O)O)C2. The molecule has 2 amide bonds. The zero-order valence-electron chi connectivity index (χ0n) is 13.0. The number of amides is 2. The van der Waals surface area contributed by atoms with Gasteiger partial charge in [-0.25, -0.2) is 4.79 Å². The van der Waals surface area contributed by atoms with Gasteiger partial charge in [-0.3, -0.25) is 4.79 Å². The van der Waals surface area contributed by atoms with Crippen molar-refractivity contribution >= 4 is 12.0 Å². The normalized spacial score (nSPS) is 37.5. The number of aliphatic carboxylic acids is 1. The highest BCUT2D eigenvalue weighted by atomic mass is 16.4. The summed E-state index contributed by atoms with van der Waals surface area (Å²) in [6.07, 6.45) is 6.99. The molecule has 118 valence electrons. The minimum atomic E-state index is -0.752. The monoisotopic (exact) mass is 294 g/mol. The molecule has 2 N–H and O–H groups in total. The molecule has 21 heavy (non-hydrogen) atoms. The van der Waals surface area contributed by atoms with E-state index < -0.39 is 5.97 Å². The van der Waals surface area contributed by atoms with Gasteiger partial charge in [0.2, 0.25) is 0 Å². The van der Waals surface area contributed by atoms with Crippen molar-refractivity contribution in [3.05, 3.63) is 0 Å². The summed E-state index contributed by atoms with van der Waals surface area (Å²) >= 11 is 0. The van der Waals surface area contributed by atoms with Crippen LogP contribution in [0.15, 0.2) is 0 Å². The number of rotatable bonds is 2. The fraction of sp³-hybridized carbons (Fsp3) is 0.875. The topological polar surface area (TPSA) is 69.6 Å². The maximum absolute atomic E-state index is 12.7. The maximum Gasteiger partial charge on any atom is 0.318 e.